The molecule has 0 radical (unpaired) electrons. The number of hydrogen-bond acceptors (Lipinski definition) is 2. The van der Waals surface area contributed by atoms with Crippen molar-refractivity contribution in [1.82, 2.24) is 9.13 Å². The molecule has 0 saturated heterocycles. The minimum Gasteiger partial charge on any atom is -0.308 e. The summed E-state index contributed by atoms with van der Waals surface area (Å²) in [5, 5.41) is 15.2. The van der Waals surface area contributed by atoms with E-state index in [1.165, 1.54) is 5.56 Å². The molecule has 2 aromatic heterocycles. The fraction of sp³-hybridized carbons (Fsp3) is 0.0606. The summed E-state index contributed by atoms with van der Waals surface area (Å²) in [4.78, 5) is 0.900. The van der Waals surface area contributed by atoms with E-state index in [4.69, 9.17) is 0 Å². The predicted molar refractivity (Wildman–Crippen MR) is 160 cm³/mol. The van der Waals surface area contributed by atoms with Crippen LogP contribution < -0.4 is 0 Å². The molecule has 4 heteroatoms. The van der Waals surface area contributed by atoms with Crippen molar-refractivity contribution in [2.45, 2.75) is 18.7 Å². The van der Waals surface area contributed by atoms with Crippen LogP contribution in [0, 0.1) is 18.3 Å². The number of para-hydroxylation sites is 2. The normalized spacial score (nSPS) is 12.9. The maximum absolute atomic E-state index is 10.7. The third-order valence-electron chi connectivity index (χ3n) is 7.06. The molecule has 0 aliphatic rings. The van der Waals surface area contributed by atoms with Crippen LogP contribution in [0.5, 0.6) is 0 Å². The van der Waals surface area contributed by atoms with Gasteiger partial charge in [-0.15, -0.1) is 12.6 Å². The summed E-state index contributed by atoms with van der Waals surface area (Å²) in [6.45, 7) is 8.26. The minimum absolute atomic E-state index is 0.554. The molecule has 0 saturated carbocycles. The summed E-state index contributed by atoms with van der Waals surface area (Å²) in [7, 11) is 0. The Morgan fingerprint density at radius 1 is 0.784 bits per heavy atom. The quantitative estimate of drug-likeness (QED) is 0.148. The first-order valence-electron chi connectivity index (χ1n) is 12.2. The van der Waals surface area contributed by atoms with Crippen LogP contribution in [0.4, 0.5) is 0 Å². The van der Waals surface area contributed by atoms with Gasteiger partial charge in [0.25, 0.3) is 0 Å². The summed E-state index contributed by atoms with van der Waals surface area (Å²) in [6, 6.07) is 31.8. The number of aryl methyl sites for hydroxylation is 1. The molecule has 4 aromatic carbocycles. The van der Waals surface area contributed by atoms with Gasteiger partial charge in [-0.1, -0.05) is 60.7 Å². The SMILES string of the molecule is C=C/C(=C(C#N)\C(=C/C)n1c2ccccc2c2ccccc21)n1c2ccc(C)cc2c2cc(S)ccc21. The maximum Gasteiger partial charge on any atom is 0.104 e. The van der Waals surface area contributed by atoms with Gasteiger partial charge in [-0.25, -0.2) is 0 Å². The Labute approximate surface area is 221 Å². The Bertz CT molecular complexity index is 1880. The Kier molecular flexibility index (Phi) is 5.52. The van der Waals surface area contributed by atoms with Gasteiger partial charge in [-0.2, -0.15) is 5.26 Å². The lowest BCUT2D eigenvalue weighted by Gasteiger charge is -2.17. The Morgan fingerprint density at radius 3 is 1.95 bits per heavy atom. The number of hydrogen-bond donors (Lipinski definition) is 1. The van der Waals surface area contributed by atoms with E-state index in [-0.39, 0.29) is 0 Å². The zero-order valence-corrected chi connectivity index (χ0v) is 21.6. The van der Waals surface area contributed by atoms with E-state index in [0.717, 1.165) is 59.9 Å². The van der Waals surface area contributed by atoms with Crippen LogP contribution in [0.3, 0.4) is 0 Å². The monoisotopic (exact) mass is 495 g/mol. The zero-order valence-electron chi connectivity index (χ0n) is 20.7. The van der Waals surface area contributed by atoms with Gasteiger partial charge >= 0.3 is 0 Å². The number of benzene rings is 4. The first-order chi connectivity index (χ1) is 18.1. The third-order valence-corrected chi connectivity index (χ3v) is 7.34. The van der Waals surface area contributed by atoms with Crippen molar-refractivity contribution in [1.29, 1.82) is 5.26 Å². The van der Waals surface area contributed by atoms with E-state index in [1.807, 2.05) is 31.2 Å². The summed E-state index contributed by atoms with van der Waals surface area (Å²) in [5.41, 5.74) is 7.46. The number of thiol groups is 1. The van der Waals surface area contributed by atoms with Gasteiger partial charge in [0.05, 0.1) is 39.0 Å². The molecule has 0 aliphatic carbocycles. The van der Waals surface area contributed by atoms with Crippen LogP contribution in [0.25, 0.3) is 55.0 Å². The molecule has 0 fully saturated rings. The van der Waals surface area contributed by atoms with Crippen LogP contribution in [0.15, 0.2) is 114 Å². The maximum atomic E-state index is 10.7. The van der Waals surface area contributed by atoms with E-state index in [9.17, 15) is 5.26 Å². The van der Waals surface area contributed by atoms with Crippen molar-refractivity contribution in [2.75, 3.05) is 0 Å². The smallest absolute Gasteiger partial charge is 0.104 e. The van der Waals surface area contributed by atoms with Gasteiger partial charge in [-0.05, 0) is 62.4 Å². The molecule has 6 rings (SSSR count). The first kappa shape index (κ1) is 23.0. The first-order valence-corrected chi connectivity index (χ1v) is 12.7. The van der Waals surface area contributed by atoms with Crippen molar-refractivity contribution < 1.29 is 0 Å². The molecular formula is C33H25N3S. The molecule has 0 spiro atoms. The number of nitriles is 1. The largest absolute Gasteiger partial charge is 0.308 e. The van der Waals surface area contributed by atoms with Crippen molar-refractivity contribution in [3.05, 3.63) is 115 Å². The molecule has 2 heterocycles. The third kappa shape index (κ3) is 3.43. The van der Waals surface area contributed by atoms with E-state index in [0.29, 0.717) is 5.57 Å². The topological polar surface area (TPSA) is 33.6 Å². The van der Waals surface area contributed by atoms with Crippen LogP contribution >= 0.6 is 12.6 Å². The number of nitrogens with zero attached hydrogens (tertiary/aromatic N) is 3. The number of rotatable bonds is 4. The van der Waals surface area contributed by atoms with Gasteiger partial charge in [0.2, 0.25) is 0 Å². The highest BCUT2D eigenvalue weighted by Crippen LogP contribution is 2.38. The van der Waals surface area contributed by atoms with Crippen molar-refractivity contribution in [3.63, 3.8) is 0 Å². The molecule has 37 heavy (non-hydrogen) atoms. The Balaban J connectivity index is 1.74. The lowest BCUT2D eigenvalue weighted by Crippen LogP contribution is -2.05. The van der Waals surface area contributed by atoms with Gasteiger partial charge < -0.3 is 9.13 Å². The molecule has 0 bridgehead atoms. The van der Waals surface area contributed by atoms with Crippen molar-refractivity contribution in [2.24, 2.45) is 0 Å². The molecule has 0 N–H and O–H groups in total. The average Bonchev–Trinajstić information content (AvgIpc) is 3.41. The fourth-order valence-electron chi connectivity index (χ4n) is 5.50. The minimum atomic E-state index is 0.554. The van der Waals surface area contributed by atoms with Crippen LogP contribution in [0.1, 0.15) is 12.5 Å². The van der Waals surface area contributed by atoms with E-state index in [2.05, 4.69) is 108 Å². The highest BCUT2D eigenvalue weighted by molar-refractivity contribution is 7.80. The number of allylic oxidation sites excluding steroid dienone is 5. The van der Waals surface area contributed by atoms with Crippen LogP contribution in [0.2, 0.25) is 0 Å². The zero-order chi connectivity index (χ0) is 25.7. The lowest BCUT2D eigenvalue weighted by atomic mass is 10.1. The fourth-order valence-corrected chi connectivity index (χ4v) is 5.71. The van der Waals surface area contributed by atoms with Crippen LogP contribution in [-0.2, 0) is 0 Å². The average molecular weight is 496 g/mol. The van der Waals surface area contributed by atoms with E-state index < -0.39 is 0 Å². The Morgan fingerprint density at radius 2 is 1.35 bits per heavy atom. The molecular weight excluding hydrogens is 470 g/mol. The highest BCUT2D eigenvalue weighted by Gasteiger charge is 2.21. The molecule has 3 nitrogen and oxygen atoms in total. The van der Waals surface area contributed by atoms with Gasteiger partial charge in [0.15, 0.2) is 0 Å². The molecule has 6 aromatic rings. The summed E-state index contributed by atoms with van der Waals surface area (Å²) >= 11 is 4.61. The molecule has 178 valence electrons. The summed E-state index contributed by atoms with van der Waals surface area (Å²) in [6.07, 6.45) is 3.81. The highest BCUT2D eigenvalue weighted by atomic mass is 32.1. The van der Waals surface area contributed by atoms with Crippen molar-refractivity contribution >= 4 is 67.6 Å². The molecule has 0 unspecified atom stereocenters. The predicted octanol–water partition coefficient (Wildman–Crippen LogP) is 8.98. The molecule has 0 atom stereocenters. The summed E-state index contributed by atoms with van der Waals surface area (Å²) in [5.74, 6) is 0. The van der Waals surface area contributed by atoms with Gasteiger partial charge in [0.1, 0.15) is 6.07 Å². The second-order valence-electron chi connectivity index (χ2n) is 9.18. The summed E-state index contributed by atoms with van der Waals surface area (Å²) < 4.78 is 4.34. The molecule has 0 amide bonds. The number of fused-ring (bicyclic) bond motifs is 6. The Hall–Kier alpha value is -4.46. The lowest BCUT2D eigenvalue weighted by molar-refractivity contribution is 1.18. The van der Waals surface area contributed by atoms with E-state index >= 15 is 0 Å². The van der Waals surface area contributed by atoms with Gasteiger partial charge in [-0.3, -0.25) is 0 Å². The van der Waals surface area contributed by atoms with Crippen LogP contribution in [-0.4, -0.2) is 9.13 Å². The van der Waals surface area contributed by atoms with E-state index in [1.54, 1.807) is 6.08 Å². The van der Waals surface area contributed by atoms with Gasteiger partial charge in [0, 0.05) is 26.4 Å². The standard InChI is InChI=1S/C33H25N3S/c1-4-28(35-30-12-8-6-10-23(30)24-11-7-9-13-31(24)35)27(20-34)29(5-2)36-32-16-14-21(3)18-25(32)26-19-22(37)15-17-33(26)36/h4-19,37H,2H2,1,3H3/b28-4+,29-27+. The molecule has 0 aliphatic heterocycles. The van der Waals surface area contributed by atoms with Crippen molar-refractivity contribution in [3.8, 4) is 6.07 Å². The second kappa shape index (κ2) is 8.89. The second-order valence-corrected chi connectivity index (χ2v) is 9.69. The number of aromatic nitrogens is 2.